The van der Waals surface area contributed by atoms with E-state index >= 15 is 0 Å². The topological polar surface area (TPSA) is 70.7 Å². The molecule has 1 aliphatic rings. The predicted octanol–water partition coefficient (Wildman–Crippen LogP) is 3.50. The third-order valence-corrected chi connectivity index (χ3v) is 5.97. The van der Waals surface area contributed by atoms with E-state index in [0.29, 0.717) is 5.82 Å². The monoisotopic (exact) mass is 342 g/mol. The van der Waals surface area contributed by atoms with E-state index in [0.717, 1.165) is 29.0 Å². The molecule has 0 aliphatic carbocycles. The highest BCUT2D eigenvalue weighted by Gasteiger charge is 2.28. The number of pyridine rings is 1. The smallest absolute Gasteiger partial charge is 0.243 e. The molecule has 1 unspecified atom stereocenters. The van der Waals surface area contributed by atoms with Crippen molar-refractivity contribution in [2.45, 2.75) is 11.7 Å². The Labute approximate surface area is 141 Å². The van der Waals surface area contributed by atoms with Gasteiger partial charge in [-0.15, -0.1) is 23.1 Å². The molecule has 0 saturated heterocycles. The van der Waals surface area contributed by atoms with E-state index < -0.39 is 0 Å². The normalized spacial score (nSPS) is 16.8. The third-order valence-electron chi connectivity index (χ3n) is 3.73. The molecule has 2 N–H and O–H groups in total. The summed E-state index contributed by atoms with van der Waals surface area (Å²) >= 11 is 3.42. The Hall–Kier alpha value is -2.12. The van der Waals surface area contributed by atoms with Gasteiger partial charge in [-0.05, 0) is 41.3 Å². The zero-order valence-corrected chi connectivity index (χ0v) is 13.8. The minimum absolute atomic E-state index is 0.0119. The van der Waals surface area contributed by atoms with Crippen LogP contribution in [0.5, 0.6) is 0 Å². The number of carbonyl (C=O) groups excluding carboxylic acids is 1. The van der Waals surface area contributed by atoms with Crippen LogP contribution in [0.3, 0.4) is 0 Å². The fraction of sp³-hybridized carbons (Fsp3) is 0.188. The van der Waals surface area contributed by atoms with Gasteiger partial charge in [0.1, 0.15) is 5.25 Å². The SMILES string of the molecule is O=C(Nc1cc(-c2ccncc2)[nH]n1)C1SCCc2sccc21. The summed E-state index contributed by atoms with van der Waals surface area (Å²) in [4.78, 5) is 17.9. The number of nitrogens with zero attached hydrogens (tertiary/aromatic N) is 2. The summed E-state index contributed by atoms with van der Waals surface area (Å²) in [5.41, 5.74) is 2.99. The quantitative estimate of drug-likeness (QED) is 0.764. The molecule has 3 aromatic heterocycles. The van der Waals surface area contributed by atoms with Crippen molar-refractivity contribution < 1.29 is 4.79 Å². The summed E-state index contributed by atoms with van der Waals surface area (Å²) in [5, 5.41) is 12.0. The lowest BCUT2D eigenvalue weighted by Crippen LogP contribution is -2.22. The van der Waals surface area contributed by atoms with Crippen molar-refractivity contribution >= 4 is 34.8 Å². The Balaban J connectivity index is 1.51. The lowest BCUT2D eigenvalue weighted by Gasteiger charge is -2.20. The van der Waals surface area contributed by atoms with Gasteiger partial charge in [0.2, 0.25) is 5.91 Å². The number of thioether (sulfide) groups is 1. The molecule has 0 spiro atoms. The molecular weight excluding hydrogens is 328 g/mol. The number of fused-ring (bicyclic) bond motifs is 1. The summed E-state index contributed by atoms with van der Waals surface area (Å²) in [7, 11) is 0. The Bertz CT molecular complexity index is 827. The van der Waals surface area contributed by atoms with E-state index in [1.165, 1.54) is 4.88 Å². The average molecular weight is 342 g/mol. The number of H-pyrrole nitrogens is 1. The van der Waals surface area contributed by atoms with Crippen molar-refractivity contribution in [3.63, 3.8) is 0 Å². The van der Waals surface area contributed by atoms with Crippen molar-refractivity contribution in [3.05, 3.63) is 52.5 Å². The number of anilines is 1. The van der Waals surface area contributed by atoms with Crippen LogP contribution < -0.4 is 5.32 Å². The first-order chi connectivity index (χ1) is 11.3. The summed E-state index contributed by atoms with van der Waals surface area (Å²) < 4.78 is 0. The van der Waals surface area contributed by atoms with Crippen LogP contribution >= 0.6 is 23.1 Å². The van der Waals surface area contributed by atoms with E-state index in [2.05, 4.69) is 31.9 Å². The maximum absolute atomic E-state index is 12.6. The molecule has 0 saturated carbocycles. The molecule has 23 heavy (non-hydrogen) atoms. The maximum Gasteiger partial charge on any atom is 0.243 e. The molecule has 0 fully saturated rings. The number of hydrogen-bond acceptors (Lipinski definition) is 5. The van der Waals surface area contributed by atoms with Crippen molar-refractivity contribution in [3.8, 4) is 11.3 Å². The van der Waals surface area contributed by atoms with Gasteiger partial charge in [-0.2, -0.15) is 5.10 Å². The lowest BCUT2D eigenvalue weighted by atomic mass is 10.1. The molecule has 3 aromatic rings. The van der Waals surface area contributed by atoms with Crippen LogP contribution in [0.2, 0.25) is 0 Å². The van der Waals surface area contributed by atoms with Crippen LogP contribution in [0, 0.1) is 0 Å². The van der Waals surface area contributed by atoms with Gasteiger partial charge in [0, 0.05) is 28.9 Å². The van der Waals surface area contributed by atoms with Gasteiger partial charge in [-0.1, -0.05) is 0 Å². The van der Waals surface area contributed by atoms with Gasteiger partial charge in [-0.3, -0.25) is 14.9 Å². The van der Waals surface area contributed by atoms with Crippen LogP contribution in [0.25, 0.3) is 11.3 Å². The standard InChI is InChI=1S/C16H14N4OS2/c21-16(15-11-3-7-22-13(11)4-8-23-15)18-14-9-12(19-20-14)10-1-5-17-6-2-10/h1-3,5-7,9,15H,4,8H2,(H2,18,19,20,21). The first-order valence-electron chi connectivity index (χ1n) is 7.26. The number of amides is 1. The third kappa shape index (κ3) is 2.89. The lowest BCUT2D eigenvalue weighted by molar-refractivity contribution is -0.115. The number of aromatic nitrogens is 3. The van der Waals surface area contributed by atoms with Crippen LogP contribution in [-0.2, 0) is 11.2 Å². The number of rotatable bonds is 3. The Morgan fingerprint density at radius 2 is 2.17 bits per heavy atom. The second kappa shape index (κ2) is 6.17. The second-order valence-electron chi connectivity index (χ2n) is 5.19. The zero-order chi connectivity index (χ0) is 15.6. The summed E-state index contributed by atoms with van der Waals surface area (Å²) in [6.45, 7) is 0. The van der Waals surface area contributed by atoms with E-state index in [1.54, 1.807) is 35.5 Å². The van der Waals surface area contributed by atoms with Gasteiger partial charge >= 0.3 is 0 Å². The average Bonchev–Trinajstić information content (AvgIpc) is 3.24. The van der Waals surface area contributed by atoms with Gasteiger partial charge in [0.15, 0.2) is 5.82 Å². The van der Waals surface area contributed by atoms with Gasteiger partial charge in [-0.25, -0.2) is 0 Å². The number of aromatic amines is 1. The fourth-order valence-electron chi connectivity index (χ4n) is 2.62. The van der Waals surface area contributed by atoms with Crippen LogP contribution in [0.4, 0.5) is 5.82 Å². The van der Waals surface area contributed by atoms with Crippen molar-refractivity contribution in [2.75, 3.05) is 11.1 Å². The van der Waals surface area contributed by atoms with Crippen LogP contribution in [0.1, 0.15) is 15.7 Å². The number of nitrogens with one attached hydrogen (secondary N) is 2. The minimum Gasteiger partial charge on any atom is -0.308 e. The molecule has 4 rings (SSSR count). The second-order valence-corrected chi connectivity index (χ2v) is 7.41. The zero-order valence-electron chi connectivity index (χ0n) is 12.2. The molecule has 1 atom stereocenters. The molecule has 7 heteroatoms. The van der Waals surface area contributed by atoms with Gasteiger partial charge < -0.3 is 5.32 Å². The fourth-order valence-corrected chi connectivity index (χ4v) is 4.91. The number of carbonyl (C=O) groups is 1. The number of aryl methyl sites for hydroxylation is 1. The molecule has 116 valence electrons. The number of thiophene rings is 1. The van der Waals surface area contributed by atoms with Crippen molar-refractivity contribution in [1.29, 1.82) is 0 Å². The van der Waals surface area contributed by atoms with Crippen molar-refractivity contribution in [1.82, 2.24) is 15.2 Å². The summed E-state index contributed by atoms with van der Waals surface area (Å²) in [6.07, 6.45) is 4.51. The van der Waals surface area contributed by atoms with E-state index in [1.807, 2.05) is 18.2 Å². The van der Waals surface area contributed by atoms with Gasteiger partial charge in [0.25, 0.3) is 0 Å². The van der Waals surface area contributed by atoms with Crippen molar-refractivity contribution in [2.24, 2.45) is 0 Å². The first kappa shape index (κ1) is 14.5. The predicted molar refractivity (Wildman–Crippen MR) is 93.7 cm³/mol. The van der Waals surface area contributed by atoms with Crippen LogP contribution in [-0.4, -0.2) is 26.8 Å². The largest absolute Gasteiger partial charge is 0.308 e. The molecule has 1 aliphatic heterocycles. The molecule has 5 nitrogen and oxygen atoms in total. The van der Waals surface area contributed by atoms with Crippen LogP contribution in [0.15, 0.2) is 42.0 Å². The summed E-state index contributed by atoms with van der Waals surface area (Å²) in [6, 6.07) is 7.69. The van der Waals surface area contributed by atoms with E-state index in [-0.39, 0.29) is 11.2 Å². The molecule has 0 radical (unpaired) electrons. The minimum atomic E-state index is -0.147. The molecule has 1 amide bonds. The van der Waals surface area contributed by atoms with E-state index in [4.69, 9.17) is 0 Å². The Morgan fingerprint density at radius 1 is 1.30 bits per heavy atom. The first-order valence-corrected chi connectivity index (χ1v) is 9.18. The molecular formula is C16H14N4OS2. The Kier molecular flexibility index (Phi) is 3.88. The molecule has 0 aromatic carbocycles. The summed E-state index contributed by atoms with van der Waals surface area (Å²) in [5.74, 6) is 1.51. The highest BCUT2D eigenvalue weighted by atomic mass is 32.2. The van der Waals surface area contributed by atoms with E-state index in [9.17, 15) is 4.79 Å². The molecule has 4 heterocycles. The highest BCUT2D eigenvalue weighted by molar-refractivity contribution is 8.00. The molecule has 0 bridgehead atoms. The highest BCUT2D eigenvalue weighted by Crippen LogP contribution is 2.39. The Morgan fingerprint density at radius 3 is 3.04 bits per heavy atom. The van der Waals surface area contributed by atoms with Gasteiger partial charge in [0.05, 0.1) is 5.69 Å². The maximum atomic E-state index is 12.6. The number of hydrogen-bond donors (Lipinski definition) is 2.